The van der Waals surface area contributed by atoms with E-state index >= 15 is 0 Å². The van der Waals surface area contributed by atoms with Crippen LogP contribution in [0.1, 0.15) is 47.9 Å². The lowest BCUT2D eigenvalue weighted by Crippen LogP contribution is -2.31. The normalized spacial score (nSPS) is 19.4. The summed E-state index contributed by atoms with van der Waals surface area (Å²) in [6.45, 7) is 17.1. The number of H-pyrrole nitrogens is 2. The maximum absolute atomic E-state index is 12.3. The highest BCUT2D eigenvalue weighted by Gasteiger charge is 2.34. The molecule has 0 unspecified atom stereocenters. The van der Waals surface area contributed by atoms with Gasteiger partial charge in [0.1, 0.15) is 22.7 Å². The number of fused-ring (bicyclic) bond motifs is 2. The van der Waals surface area contributed by atoms with Crippen LogP contribution in [0.5, 0.6) is 0 Å². The van der Waals surface area contributed by atoms with E-state index in [2.05, 4.69) is 78.2 Å². The first-order valence-corrected chi connectivity index (χ1v) is 17.7. The molecular formula is C36H48N12O5. The van der Waals surface area contributed by atoms with E-state index in [1.165, 1.54) is 12.2 Å². The van der Waals surface area contributed by atoms with Crippen LogP contribution in [0.3, 0.4) is 0 Å². The van der Waals surface area contributed by atoms with Gasteiger partial charge in [-0.25, -0.2) is 19.9 Å². The molecule has 17 nitrogen and oxygen atoms in total. The summed E-state index contributed by atoms with van der Waals surface area (Å²) in [6, 6.07) is 0.140. The van der Waals surface area contributed by atoms with Gasteiger partial charge in [0.05, 0.1) is 30.1 Å². The number of aromatic amines is 2. The Kier molecular flexibility index (Phi) is 12.7. The fourth-order valence-electron chi connectivity index (χ4n) is 6.49. The molecule has 17 heteroatoms. The smallest absolute Gasteiger partial charge is 0.255 e. The SMILES string of the molecule is C=CC(=O)N1C[C@@H](CC)[C@@H](Nc2cnc3[nH]cc(C(=O)NCC)c3n2)C1.C=CC(=O)N1C[C@H](C)[C@H](Nc2cnc3[nH]cc(C(=O)NCCOC)c3n2)C1. The molecule has 53 heavy (non-hydrogen) atoms. The van der Waals surface area contributed by atoms with E-state index in [0.717, 1.165) is 6.42 Å². The molecule has 6 heterocycles. The number of rotatable bonds is 13. The zero-order valence-corrected chi connectivity index (χ0v) is 30.6. The van der Waals surface area contributed by atoms with E-state index < -0.39 is 0 Å². The van der Waals surface area contributed by atoms with Gasteiger partial charge in [-0.2, -0.15) is 0 Å². The van der Waals surface area contributed by atoms with Crippen LogP contribution in [0, 0.1) is 11.8 Å². The maximum Gasteiger partial charge on any atom is 0.255 e. The summed E-state index contributed by atoms with van der Waals surface area (Å²) in [6.07, 6.45) is 10.1. The predicted octanol–water partition coefficient (Wildman–Crippen LogP) is 2.32. The topological polar surface area (TPSA) is 215 Å². The second-order valence-electron chi connectivity index (χ2n) is 13.0. The lowest BCUT2D eigenvalue weighted by Gasteiger charge is -2.18. The summed E-state index contributed by atoms with van der Waals surface area (Å²) >= 11 is 0. The molecule has 2 saturated heterocycles. The van der Waals surface area contributed by atoms with Crippen molar-refractivity contribution in [2.75, 3.05) is 63.6 Å². The van der Waals surface area contributed by atoms with Crippen molar-refractivity contribution < 1.29 is 23.9 Å². The van der Waals surface area contributed by atoms with Gasteiger partial charge in [0, 0.05) is 70.9 Å². The summed E-state index contributed by atoms with van der Waals surface area (Å²) in [7, 11) is 1.58. The van der Waals surface area contributed by atoms with Crippen molar-refractivity contribution >= 4 is 57.6 Å². The summed E-state index contributed by atoms with van der Waals surface area (Å²) in [4.78, 5) is 75.5. The summed E-state index contributed by atoms with van der Waals surface area (Å²) in [5, 5.41) is 12.3. The molecule has 2 aliphatic rings. The van der Waals surface area contributed by atoms with Gasteiger partial charge in [0.25, 0.3) is 11.8 Å². The van der Waals surface area contributed by atoms with Crippen LogP contribution in [0.2, 0.25) is 0 Å². The van der Waals surface area contributed by atoms with E-state index in [1.807, 2.05) is 6.92 Å². The number of methoxy groups -OCH3 is 1. The second-order valence-corrected chi connectivity index (χ2v) is 13.0. The number of carbonyl (C=O) groups is 4. The number of anilines is 2. The summed E-state index contributed by atoms with van der Waals surface area (Å²) in [5.74, 6) is 1.20. The van der Waals surface area contributed by atoms with E-state index in [4.69, 9.17) is 4.74 Å². The number of likely N-dealkylation sites (tertiary alicyclic amines) is 2. The Hall–Kier alpha value is -5.84. The Bertz CT molecular complexity index is 1960. The van der Waals surface area contributed by atoms with Crippen molar-refractivity contribution in [2.45, 2.75) is 39.3 Å². The first kappa shape index (κ1) is 38.4. The molecule has 0 radical (unpaired) electrons. The average molecular weight is 729 g/mol. The van der Waals surface area contributed by atoms with Crippen LogP contribution >= 0.6 is 0 Å². The minimum Gasteiger partial charge on any atom is -0.383 e. The van der Waals surface area contributed by atoms with Gasteiger partial charge in [-0.1, -0.05) is 27.0 Å². The molecule has 4 atom stereocenters. The number of hydrogen-bond acceptors (Lipinski definition) is 11. The van der Waals surface area contributed by atoms with Crippen LogP contribution in [0.15, 0.2) is 50.1 Å². The molecule has 4 aromatic rings. The van der Waals surface area contributed by atoms with E-state index in [-0.39, 0.29) is 41.6 Å². The predicted molar refractivity (Wildman–Crippen MR) is 201 cm³/mol. The van der Waals surface area contributed by atoms with Gasteiger partial charge in [0.15, 0.2) is 11.3 Å². The third-order valence-corrected chi connectivity index (χ3v) is 9.40. The van der Waals surface area contributed by atoms with Crippen LogP contribution in [-0.2, 0) is 14.3 Å². The lowest BCUT2D eigenvalue weighted by molar-refractivity contribution is -0.125. The number of ether oxygens (including phenoxy) is 1. The Labute approximate surface area is 307 Å². The van der Waals surface area contributed by atoms with E-state index in [1.54, 1.807) is 41.7 Å². The Morgan fingerprint density at radius 3 is 1.89 bits per heavy atom. The van der Waals surface area contributed by atoms with Gasteiger partial charge in [-0.3, -0.25) is 19.2 Å². The molecule has 6 N–H and O–H groups in total. The monoisotopic (exact) mass is 728 g/mol. The minimum atomic E-state index is -0.235. The molecule has 282 valence electrons. The van der Waals surface area contributed by atoms with E-state index in [0.29, 0.717) is 96.9 Å². The van der Waals surface area contributed by atoms with E-state index in [9.17, 15) is 19.2 Å². The molecule has 0 aliphatic carbocycles. The lowest BCUT2D eigenvalue weighted by atomic mass is 10.0. The molecule has 0 spiro atoms. The van der Waals surface area contributed by atoms with Crippen LogP contribution in [-0.4, -0.2) is 128 Å². The van der Waals surface area contributed by atoms with Gasteiger partial charge in [0.2, 0.25) is 11.8 Å². The average Bonchev–Trinajstić information content (AvgIpc) is 3.96. The molecule has 4 amide bonds. The number of nitrogens with zero attached hydrogens (tertiary/aromatic N) is 6. The van der Waals surface area contributed by atoms with Crippen molar-refractivity contribution in [3.05, 3.63) is 61.2 Å². The Morgan fingerprint density at radius 1 is 0.830 bits per heavy atom. The first-order chi connectivity index (χ1) is 25.6. The molecule has 0 saturated carbocycles. The van der Waals surface area contributed by atoms with Crippen molar-refractivity contribution in [1.82, 2.24) is 50.3 Å². The molecular weight excluding hydrogens is 680 g/mol. The number of amides is 4. The maximum atomic E-state index is 12.3. The molecule has 0 aromatic carbocycles. The van der Waals surface area contributed by atoms with Gasteiger partial charge >= 0.3 is 0 Å². The third-order valence-electron chi connectivity index (χ3n) is 9.40. The first-order valence-electron chi connectivity index (χ1n) is 17.7. The standard InChI is InChI=1S/C18H24N6O3.C18H24N6O2/c1-4-15(25)24-9-11(2)13(10-24)22-14-8-21-17-16(23-14)12(7-20-17)18(26)19-5-6-27-3;1-4-11-9-24(15(25)5-2)10-13(11)22-14-8-21-17-16(23-14)12(7-20-17)18(26)19-6-3/h4,7-8,11,13H,1,5-6,9-10H2,2-3H3,(H,19,26)(H,20,21)(H,22,23);5,7-8,11,13H,2,4,6,9-10H2,1,3H3,(H,19,26)(H,20,21)(H,22,23)/t2*11-,13+/m01/s1. The Balaban J connectivity index is 0.000000204. The van der Waals surface area contributed by atoms with Crippen molar-refractivity contribution in [3.63, 3.8) is 0 Å². The summed E-state index contributed by atoms with van der Waals surface area (Å²) in [5.41, 5.74) is 3.05. The zero-order chi connectivity index (χ0) is 38.1. The van der Waals surface area contributed by atoms with Gasteiger partial charge in [-0.05, 0) is 37.3 Å². The number of hydrogen-bond donors (Lipinski definition) is 6. The van der Waals surface area contributed by atoms with Crippen molar-refractivity contribution in [2.24, 2.45) is 11.8 Å². The summed E-state index contributed by atoms with van der Waals surface area (Å²) < 4.78 is 4.94. The van der Waals surface area contributed by atoms with Gasteiger partial charge in [-0.15, -0.1) is 0 Å². The highest BCUT2D eigenvalue weighted by Crippen LogP contribution is 2.25. The number of nitrogens with one attached hydrogen (secondary N) is 6. The highest BCUT2D eigenvalue weighted by atomic mass is 16.5. The minimum absolute atomic E-state index is 0.0542. The van der Waals surface area contributed by atoms with Crippen molar-refractivity contribution in [3.8, 4) is 0 Å². The van der Waals surface area contributed by atoms with Crippen LogP contribution < -0.4 is 21.3 Å². The quantitative estimate of drug-likeness (QED) is 0.0868. The fourth-order valence-corrected chi connectivity index (χ4v) is 6.49. The Morgan fingerprint density at radius 2 is 1.36 bits per heavy atom. The van der Waals surface area contributed by atoms with Crippen LogP contribution in [0.4, 0.5) is 11.6 Å². The fraction of sp³-hybridized carbons (Fsp3) is 0.444. The number of aromatic nitrogens is 6. The molecule has 2 aliphatic heterocycles. The largest absolute Gasteiger partial charge is 0.383 e. The molecule has 2 fully saturated rings. The van der Waals surface area contributed by atoms with Gasteiger partial charge < -0.3 is 45.8 Å². The molecule has 4 aromatic heterocycles. The number of carbonyl (C=O) groups excluding carboxylic acids is 4. The van der Waals surface area contributed by atoms with Crippen molar-refractivity contribution in [1.29, 1.82) is 0 Å². The third kappa shape index (κ3) is 8.97. The second kappa shape index (κ2) is 17.6. The zero-order valence-electron chi connectivity index (χ0n) is 30.6. The molecule has 0 bridgehead atoms. The highest BCUT2D eigenvalue weighted by molar-refractivity contribution is 6.05. The molecule has 6 rings (SSSR count). The van der Waals surface area contributed by atoms with Crippen LogP contribution in [0.25, 0.3) is 22.3 Å².